The summed E-state index contributed by atoms with van der Waals surface area (Å²) in [6, 6.07) is 8.27. The number of aromatic nitrogens is 2. The van der Waals surface area contributed by atoms with E-state index in [2.05, 4.69) is 5.10 Å². The Bertz CT molecular complexity index is 892. The number of nitrogens with zero attached hydrogens (tertiary/aromatic N) is 2. The molecule has 0 bridgehead atoms. The Hall–Kier alpha value is -1.99. The maximum absolute atomic E-state index is 12.8. The predicted molar refractivity (Wildman–Crippen MR) is 109 cm³/mol. The molecule has 0 unspecified atom stereocenters. The van der Waals surface area contributed by atoms with Crippen LogP contribution in [0.2, 0.25) is 0 Å². The highest BCUT2D eigenvalue weighted by atomic mass is 32.2. The van der Waals surface area contributed by atoms with E-state index in [1.807, 2.05) is 49.7 Å². The van der Waals surface area contributed by atoms with E-state index in [0.29, 0.717) is 0 Å². The Kier molecular flexibility index (Phi) is 5.14. The molecule has 27 heavy (non-hydrogen) atoms. The van der Waals surface area contributed by atoms with E-state index in [4.69, 9.17) is 14.5 Å². The van der Waals surface area contributed by atoms with Crippen LogP contribution in [-0.4, -0.2) is 34.1 Å². The van der Waals surface area contributed by atoms with Gasteiger partial charge in [0.25, 0.3) is 5.56 Å². The second kappa shape index (κ2) is 7.56. The van der Waals surface area contributed by atoms with Crippen LogP contribution < -0.4 is 10.3 Å². The van der Waals surface area contributed by atoms with Crippen LogP contribution in [0, 0.1) is 0 Å². The maximum atomic E-state index is 12.8. The first-order valence-electron chi connectivity index (χ1n) is 9.43. The molecule has 1 aromatic carbocycles. The molecule has 6 nitrogen and oxygen atoms in total. The van der Waals surface area contributed by atoms with Gasteiger partial charge in [0, 0.05) is 13.2 Å². The number of H-pyrrole nitrogens is 1. The lowest BCUT2D eigenvalue weighted by molar-refractivity contribution is 0.0666. The highest BCUT2D eigenvalue weighted by Gasteiger charge is 2.32. The van der Waals surface area contributed by atoms with Gasteiger partial charge < -0.3 is 9.47 Å². The van der Waals surface area contributed by atoms with Gasteiger partial charge in [0.05, 0.1) is 28.0 Å². The molecular formula is C20H25N3O3S. The van der Waals surface area contributed by atoms with E-state index in [1.165, 1.54) is 0 Å². The van der Waals surface area contributed by atoms with E-state index in [-0.39, 0.29) is 23.0 Å². The van der Waals surface area contributed by atoms with Crippen molar-refractivity contribution in [1.29, 1.82) is 0 Å². The topological polar surface area (TPSA) is 68.6 Å². The highest BCUT2D eigenvalue weighted by molar-refractivity contribution is 8.14. The van der Waals surface area contributed by atoms with Crippen molar-refractivity contribution in [3.8, 4) is 5.75 Å². The van der Waals surface area contributed by atoms with Gasteiger partial charge in [0.2, 0.25) is 0 Å². The molecule has 7 heteroatoms. The second-order valence-electron chi connectivity index (χ2n) is 7.26. The summed E-state index contributed by atoms with van der Waals surface area (Å²) in [5, 5.41) is 3.95. The van der Waals surface area contributed by atoms with Gasteiger partial charge in [0.1, 0.15) is 5.75 Å². The summed E-state index contributed by atoms with van der Waals surface area (Å²) >= 11 is 1.63. The lowest BCUT2D eigenvalue weighted by Gasteiger charge is -2.26. The van der Waals surface area contributed by atoms with Crippen LogP contribution >= 0.6 is 11.8 Å². The van der Waals surface area contributed by atoms with Crippen LogP contribution in [0.15, 0.2) is 34.1 Å². The van der Waals surface area contributed by atoms with Gasteiger partial charge in [-0.05, 0) is 51.3 Å². The van der Waals surface area contributed by atoms with Crippen molar-refractivity contribution < 1.29 is 9.47 Å². The van der Waals surface area contributed by atoms with Crippen LogP contribution in [0.5, 0.6) is 5.75 Å². The number of benzene rings is 1. The molecule has 2 aliphatic heterocycles. The number of ether oxygens (including phenoxy) is 2. The fourth-order valence-electron chi connectivity index (χ4n) is 3.64. The Balaban J connectivity index is 1.70. The number of hydrogen-bond acceptors (Lipinski definition) is 5. The molecule has 1 aromatic heterocycles. The molecule has 0 radical (unpaired) electrons. The molecular weight excluding hydrogens is 362 g/mol. The Morgan fingerprint density at radius 2 is 1.96 bits per heavy atom. The average Bonchev–Trinajstić information content (AvgIpc) is 2.98. The van der Waals surface area contributed by atoms with Crippen molar-refractivity contribution in [2.45, 2.75) is 51.0 Å². The summed E-state index contributed by atoms with van der Waals surface area (Å²) in [6.07, 6.45) is 1.92. The number of aromatic amines is 1. The lowest BCUT2D eigenvalue weighted by atomic mass is 10.1. The van der Waals surface area contributed by atoms with E-state index in [9.17, 15) is 4.79 Å². The van der Waals surface area contributed by atoms with Crippen molar-refractivity contribution in [1.82, 2.24) is 9.78 Å². The molecule has 1 atom stereocenters. The molecule has 2 aromatic rings. The molecule has 1 saturated heterocycles. The third kappa shape index (κ3) is 3.71. The quantitative estimate of drug-likeness (QED) is 0.854. The number of fused-ring (bicyclic) bond motifs is 1. The first kappa shape index (κ1) is 18.4. The van der Waals surface area contributed by atoms with Crippen molar-refractivity contribution in [3.63, 3.8) is 0 Å². The second-order valence-corrected chi connectivity index (χ2v) is 8.55. The Labute approximate surface area is 163 Å². The Morgan fingerprint density at radius 3 is 2.63 bits per heavy atom. The summed E-state index contributed by atoms with van der Waals surface area (Å²) in [4.78, 5) is 17.5. The first-order valence-corrected chi connectivity index (χ1v) is 10.3. The highest BCUT2D eigenvalue weighted by Crippen LogP contribution is 2.44. The molecule has 1 N–H and O–H groups in total. The van der Waals surface area contributed by atoms with Gasteiger partial charge in [-0.2, -0.15) is 0 Å². The molecule has 0 aliphatic carbocycles. The molecule has 3 heterocycles. The number of nitrogens with one attached hydrogen (secondary N) is 1. The van der Waals surface area contributed by atoms with E-state index in [1.54, 1.807) is 11.8 Å². The maximum Gasteiger partial charge on any atom is 0.271 e. The zero-order chi connectivity index (χ0) is 19.0. The van der Waals surface area contributed by atoms with Crippen molar-refractivity contribution >= 4 is 22.6 Å². The normalized spacial score (nSPS) is 20.4. The van der Waals surface area contributed by atoms with Crippen LogP contribution in [0.1, 0.15) is 56.0 Å². The van der Waals surface area contributed by atoms with Gasteiger partial charge in [-0.25, -0.2) is 4.99 Å². The SMILES string of the molecule is CC1=Nc2c(c(=O)[nH]n2C2CCOCC2)[C@H](c2ccc(OC(C)C)cc2)S1. The summed E-state index contributed by atoms with van der Waals surface area (Å²) in [5.41, 5.74) is 1.78. The minimum absolute atomic E-state index is 0.0484. The summed E-state index contributed by atoms with van der Waals surface area (Å²) < 4.78 is 13.2. The standard InChI is InChI=1S/C20H25N3O3S/c1-12(2)26-16-6-4-14(5-7-16)18-17-19(21-13(3)27-18)23(22-20(17)24)15-8-10-25-11-9-15/h4-7,12,15,18H,8-11H2,1-3H3,(H,22,24)/t18-/m0/s1. The van der Waals surface area contributed by atoms with Gasteiger partial charge >= 0.3 is 0 Å². The minimum Gasteiger partial charge on any atom is -0.491 e. The molecule has 0 amide bonds. The van der Waals surface area contributed by atoms with Crippen LogP contribution in [-0.2, 0) is 4.74 Å². The fourth-order valence-corrected chi connectivity index (χ4v) is 4.75. The average molecular weight is 388 g/mol. The molecule has 4 rings (SSSR count). The lowest BCUT2D eigenvalue weighted by Crippen LogP contribution is -2.21. The molecule has 2 aliphatic rings. The first-order chi connectivity index (χ1) is 13.0. The number of hydrogen-bond donors (Lipinski definition) is 1. The van der Waals surface area contributed by atoms with Crippen molar-refractivity contribution in [2.75, 3.05) is 13.2 Å². The molecule has 144 valence electrons. The predicted octanol–water partition coefficient (Wildman–Crippen LogP) is 4.20. The number of rotatable bonds is 4. The summed E-state index contributed by atoms with van der Waals surface area (Å²) in [5.74, 6) is 1.62. The minimum atomic E-state index is -0.0598. The van der Waals surface area contributed by atoms with Gasteiger partial charge in [-0.15, -0.1) is 0 Å². The fraction of sp³-hybridized carbons (Fsp3) is 0.500. The zero-order valence-corrected chi connectivity index (χ0v) is 16.7. The third-order valence-corrected chi connectivity index (χ3v) is 6.04. The van der Waals surface area contributed by atoms with Gasteiger partial charge in [-0.1, -0.05) is 23.9 Å². The van der Waals surface area contributed by atoms with Crippen LogP contribution in [0.3, 0.4) is 0 Å². The molecule has 1 fully saturated rings. The van der Waals surface area contributed by atoms with Crippen molar-refractivity contribution in [2.24, 2.45) is 4.99 Å². The Morgan fingerprint density at radius 1 is 1.26 bits per heavy atom. The molecule has 0 saturated carbocycles. The third-order valence-electron chi connectivity index (χ3n) is 4.86. The van der Waals surface area contributed by atoms with E-state index < -0.39 is 0 Å². The molecule has 0 spiro atoms. The monoisotopic (exact) mass is 387 g/mol. The van der Waals surface area contributed by atoms with E-state index in [0.717, 1.165) is 53.8 Å². The summed E-state index contributed by atoms with van der Waals surface area (Å²) in [6.45, 7) is 7.46. The van der Waals surface area contributed by atoms with Gasteiger partial charge in [0.15, 0.2) is 5.82 Å². The van der Waals surface area contributed by atoms with E-state index >= 15 is 0 Å². The zero-order valence-electron chi connectivity index (χ0n) is 15.9. The smallest absolute Gasteiger partial charge is 0.271 e. The largest absolute Gasteiger partial charge is 0.491 e. The van der Waals surface area contributed by atoms with Crippen LogP contribution in [0.4, 0.5) is 5.82 Å². The van der Waals surface area contributed by atoms with Crippen LogP contribution in [0.25, 0.3) is 0 Å². The summed E-state index contributed by atoms with van der Waals surface area (Å²) in [7, 11) is 0. The number of thioether (sulfide) groups is 1. The number of aliphatic imine (C=N–C) groups is 1. The van der Waals surface area contributed by atoms with Crippen molar-refractivity contribution in [3.05, 3.63) is 45.7 Å². The van der Waals surface area contributed by atoms with Gasteiger partial charge in [-0.3, -0.25) is 14.6 Å².